The number of amides is 1. The fraction of sp³-hybridized carbons (Fsp3) is 0.333. The van der Waals surface area contributed by atoms with Crippen LogP contribution in [-0.2, 0) is 9.47 Å². The Labute approximate surface area is 245 Å². The normalized spacial score (nSPS) is 14.1. The number of methoxy groups -OCH3 is 2. The van der Waals surface area contributed by atoms with Gasteiger partial charge in [0.2, 0.25) is 0 Å². The van der Waals surface area contributed by atoms with Crippen molar-refractivity contribution in [3.05, 3.63) is 78.1 Å². The molecule has 1 aliphatic heterocycles. The lowest BCUT2D eigenvalue weighted by atomic mass is 10.0. The highest BCUT2D eigenvalue weighted by Crippen LogP contribution is 2.36. The molecule has 1 aromatic heterocycles. The average molecular weight is 574 g/mol. The molecule has 3 aromatic carbocycles. The molecule has 42 heavy (non-hydrogen) atoms. The van der Waals surface area contributed by atoms with Crippen molar-refractivity contribution in [3.8, 4) is 22.7 Å². The van der Waals surface area contributed by atoms with E-state index in [1.54, 1.807) is 18.2 Å². The maximum atomic E-state index is 14.8. The second-order valence-electron chi connectivity index (χ2n) is 11.4. The van der Waals surface area contributed by atoms with Crippen molar-refractivity contribution >= 4 is 28.7 Å². The predicted octanol–water partition coefficient (Wildman–Crippen LogP) is 6.73. The quantitative estimate of drug-likeness (QED) is 0.258. The first-order chi connectivity index (χ1) is 20.1. The second-order valence-corrected chi connectivity index (χ2v) is 11.4. The summed E-state index contributed by atoms with van der Waals surface area (Å²) >= 11 is 0. The number of nitrogens with one attached hydrogen (secondary N) is 1. The lowest BCUT2D eigenvalue weighted by molar-refractivity contribution is 0.0496. The highest BCUT2D eigenvalue weighted by molar-refractivity contribution is 5.93. The SMILES string of the molecule is COC(=O)c1ccc(-n2c(-c3ccc(OC)c(F)c3)cc3cc(N4CCC(NC(=O)OC(C)(C)C)CC4)ccc32)cc1. The Hall–Kier alpha value is -4.53. The monoisotopic (exact) mass is 573 g/mol. The van der Waals surface area contributed by atoms with Crippen molar-refractivity contribution in [2.75, 3.05) is 32.2 Å². The molecule has 5 rings (SSSR count). The number of hydrogen-bond donors (Lipinski definition) is 1. The Bertz CT molecular complexity index is 1600. The van der Waals surface area contributed by atoms with E-state index in [1.165, 1.54) is 20.3 Å². The molecule has 220 valence electrons. The summed E-state index contributed by atoms with van der Waals surface area (Å²) in [5.41, 5.74) is 4.25. The highest BCUT2D eigenvalue weighted by Gasteiger charge is 2.24. The van der Waals surface area contributed by atoms with Gasteiger partial charge in [0.05, 0.1) is 31.0 Å². The molecule has 0 saturated carbocycles. The van der Waals surface area contributed by atoms with Crippen molar-refractivity contribution in [2.45, 2.75) is 45.3 Å². The molecule has 1 fully saturated rings. The fourth-order valence-corrected chi connectivity index (χ4v) is 5.34. The highest BCUT2D eigenvalue weighted by atomic mass is 19.1. The van der Waals surface area contributed by atoms with Gasteiger partial charge in [0.15, 0.2) is 11.6 Å². The topological polar surface area (TPSA) is 82.0 Å². The Balaban J connectivity index is 1.45. The van der Waals surface area contributed by atoms with E-state index in [2.05, 4.69) is 33.0 Å². The van der Waals surface area contributed by atoms with Crippen LogP contribution in [0.1, 0.15) is 44.0 Å². The molecule has 9 heteroatoms. The summed E-state index contributed by atoms with van der Waals surface area (Å²) < 4.78 is 32.2. The summed E-state index contributed by atoms with van der Waals surface area (Å²) in [5, 5.41) is 3.98. The number of ether oxygens (including phenoxy) is 3. The van der Waals surface area contributed by atoms with Crippen molar-refractivity contribution < 1.29 is 28.2 Å². The maximum absolute atomic E-state index is 14.8. The van der Waals surface area contributed by atoms with Gasteiger partial charge in [0.25, 0.3) is 0 Å². The largest absolute Gasteiger partial charge is 0.494 e. The van der Waals surface area contributed by atoms with Crippen molar-refractivity contribution in [2.24, 2.45) is 0 Å². The van der Waals surface area contributed by atoms with Gasteiger partial charge in [0.1, 0.15) is 5.60 Å². The number of piperidine rings is 1. The molecule has 1 amide bonds. The molecular formula is C33H36FN3O5. The zero-order valence-corrected chi connectivity index (χ0v) is 24.6. The number of rotatable bonds is 6. The first-order valence-electron chi connectivity index (χ1n) is 14.0. The van der Waals surface area contributed by atoms with E-state index < -0.39 is 17.4 Å². The Morgan fingerprint density at radius 3 is 2.21 bits per heavy atom. The predicted molar refractivity (Wildman–Crippen MR) is 161 cm³/mol. The number of carbonyl (C=O) groups excluding carboxylic acids is 2. The van der Waals surface area contributed by atoms with Crippen LogP contribution in [-0.4, -0.2) is 55.6 Å². The average Bonchev–Trinajstić information content (AvgIpc) is 3.35. The van der Waals surface area contributed by atoms with E-state index in [1.807, 2.05) is 45.0 Å². The number of esters is 1. The summed E-state index contributed by atoms with van der Waals surface area (Å²) in [4.78, 5) is 26.5. The van der Waals surface area contributed by atoms with Gasteiger partial charge in [-0.25, -0.2) is 14.0 Å². The summed E-state index contributed by atoms with van der Waals surface area (Å²) in [6.45, 7) is 7.14. The number of anilines is 1. The van der Waals surface area contributed by atoms with Gasteiger partial charge in [-0.3, -0.25) is 0 Å². The van der Waals surface area contributed by atoms with Crippen LogP contribution in [0, 0.1) is 5.82 Å². The summed E-state index contributed by atoms with van der Waals surface area (Å²) in [7, 11) is 2.79. The van der Waals surface area contributed by atoms with Gasteiger partial charge in [0, 0.05) is 41.5 Å². The minimum absolute atomic E-state index is 0.0606. The Morgan fingerprint density at radius 2 is 1.60 bits per heavy atom. The maximum Gasteiger partial charge on any atom is 0.407 e. The van der Waals surface area contributed by atoms with Gasteiger partial charge in [-0.15, -0.1) is 0 Å². The number of aromatic nitrogens is 1. The second kappa shape index (κ2) is 11.8. The number of carbonyl (C=O) groups is 2. The third-order valence-corrected chi connectivity index (χ3v) is 7.36. The van der Waals surface area contributed by atoms with E-state index in [9.17, 15) is 14.0 Å². The number of nitrogens with zero attached hydrogens (tertiary/aromatic N) is 2. The molecule has 0 aliphatic carbocycles. The van der Waals surface area contributed by atoms with Crippen molar-refractivity contribution in [3.63, 3.8) is 0 Å². The minimum atomic E-state index is -0.531. The van der Waals surface area contributed by atoms with Gasteiger partial charge < -0.3 is 29.0 Å². The molecule has 0 spiro atoms. The first kappa shape index (κ1) is 29.0. The minimum Gasteiger partial charge on any atom is -0.494 e. The van der Waals surface area contributed by atoms with E-state index in [0.29, 0.717) is 11.1 Å². The zero-order valence-electron chi connectivity index (χ0n) is 24.6. The van der Waals surface area contributed by atoms with E-state index in [-0.39, 0.29) is 17.9 Å². The van der Waals surface area contributed by atoms with Crippen LogP contribution in [0.2, 0.25) is 0 Å². The van der Waals surface area contributed by atoms with Gasteiger partial charge >= 0.3 is 12.1 Å². The van der Waals surface area contributed by atoms with Gasteiger partial charge in [-0.1, -0.05) is 0 Å². The van der Waals surface area contributed by atoms with Gasteiger partial charge in [-0.05, 0) is 100 Å². The molecule has 0 atom stereocenters. The summed E-state index contributed by atoms with van der Waals surface area (Å²) in [5.74, 6) is -0.682. The molecular weight excluding hydrogens is 537 g/mol. The van der Waals surface area contributed by atoms with Crippen molar-refractivity contribution in [1.82, 2.24) is 9.88 Å². The lowest BCUT2D eigenvalue weighted by Gasteiger charge is -2.34. The molecule has 2 heterocycles. The third-order valence-electron chi connectivity index (χ3n) is 7.36. The van der Waals surface area contributed by atoms with Crippen LogP contribution in [0.3, 0.4) is 0 Å². The number of halogens is 1. The fourth-order valence-electron chi connectivity index (χ4n) is 5.34. The van der Waals surface area contributed by atoms with E-state index in [0.717, 1.165) is 53.9 Å². The van der Waals surface area contributed by atoms with Crippen molar-refractivity contribution in [1.29, 1.82) is 0 Å². The Kier molecular flexibility index (Phi) is 8.11. The molecule has 0 bridgehead atoms. The first-order valence-corrected chi connectivity index (χ1v) is 14.0. The smallest absolute Gasteiger partial charge is 0.407 e. The molecule has 1 N–H and O–H groups in total. The van der Waals surface area contributed by atoms with E-state index >= 15 is 0 Å². The number of fused-ring (bicyclic) bond motifs is 1. The molecule has 1 aliphatic rings. The number of hydrogen-bond acceptors (Lipinski definition) is 6. The summed E-state index contributed by atoms with van der Waals surface area (Å²) in [6.07, 6.45) is 1.23. The van der Waals surface area contributed by atoms with Crippen LogP contribution in [0.25, 0.3) is 27.8 Å². The molecule has 8 nitrogen and oxygen atoms in total. The van der Waals surface area contributed by atoms with Crippen LogP contribution >= 0.6 is 0 Å². The van der Waals surface area contributed by atoms with Crippen LogP contribution in [0.15, 0.2) is 66.7 Å². The van der Waals surface area contributed by atoms with Gasteiger partial charge in [-0.2, -0.15) is 0 Å². The van der Waals surface area contributed by atoms with Crippen LogP contribution in [0.4, 0.5) is 14.9 Å². The summed E-state index contributed by atoms with van der Waals surface area (Å²) in [6, 6.07) is 20.5. The van der Waals surface area contributed by atoms with Crippen LogP contribution in [0.5, 0.6) is 5.75 Å². The lowest BCUT2D eigenvalue weighted by Crippen LogP contribution is -2.46. The molecule has 0 radical (unpaired) electrons. The standard InChI is InChI=1S/C33H36FN3O5/c1-33(2,3)42-32(39)35-24-14-16-36(17-15-24)26-11-12-28-23(18-26)20-29(22-8-13-30(40-4)27(34)19-22)37(28)25-9-6-21(7-10-25)31(38)41-5/h6-13,18-20,24H,14-17H2,1-5H3,(H,35,39). The molecule has 1 saturated heterocycles. The van der Waals surface area contributed by atoms with Crippen LogP contribution < -0.4 is 15.0 Å². The van der Waals surface area contributed by atoms with E-state index in [4.69, 9.17) is 14.2 Å². The Morgan fingerprint density at radius 1 is 0.905 bits per heavy atom. The number of benzene rings is 3. The number of alkyl carbamates (subject to hydrolysis) is 1. The molecule has 4 aromatic rings. The zero-order chi connectivity index (χ0) is 30.0. The molecule has 0 unspecified atom stereocenters. The third kappa shape index (κ3) is 6.20.